The highest BCUT2D eigenvalue weighted by Gasteiger charge is 2.14. The average Bonchev–Trinajstić information content (AvgIpc) is 2.92. The Hall–Kier alpha value is -2.08. The van der Waals surface area contributed by atoms with Crippen LogP contribution >= 0.6 is 15.9 Å². The van der Waals surface area contributed by atoms with Gasteiger partial charge in [0.25, 0.3) is 0 Å². The second-order valence-corrected chi connectivity index (χ2v) is 5.79. The van der Waals surface area contributed by atoms with Gasteiger partial charge < -0.3 is 13.9 Å². The molecule has 1 heterocycles. The zero-order valence-corrected chi connectivity index (χ0v) is 13.8. The van der Waals surface area contributed by atoms with Crippen LogP contribution in [0.15, 0.2) is 45.5 Å². The van der Waals surface area contributed by atoms with Gasteiger partial charge in [-0.2, -0.15) is 0 Å². The predicted molar refractivity (Wildman–Crippen MR) is 82.9 cm³/mol. The van der Waals surface area contributed by atoms with Gasteiger partial charge in [-0.1, -0.05) is 13.8 Å². The molecule has 0 fully saturated rings. The maximum absolute atomic E-state index is 11.8. The molecule has 5 nitrogen and oxygen atoms in total. The van der Waals surface area contributed by atoms with Crippen molar-refractivity contribution in [3.8, 4) is 5.75 Å². The van der Waals surface area contributed by atoms with Crippen molar-refractivity contribution >= 4 is 27.9 Å². The van der Waals surface area contributed by atoms with Crippen LogP contribution in [0, 0.1) is 5.92 Å². The third kappa shape index (κ3) is 4.46. The molecule has 2 aromatic rings. The van der Waals surface area contributed by atoms with Crippen LogP contribution in [0.25, 0.3) is 0 Å². The Morgan fingerprint density at radius 2 is 1.77 bits per heavy atom. The number of benzene rings is 1. The maximum atomic E-state index is 11.8. The van der Waals surface area contributed by atoms with Crippen molar-refractivity contribution in [3.05, 3.63) is 52.4 Å². The topological polar surface area (TPSA) is 65.7 Å². The Morgan fingerprint density at radius 1 is 1.09 bits per heavy atom. The lowest BCUT2D eigenvalue weighted by Crippen LogP contribution is -2.10. The van der Waals surface area contributed by atoms with Gasteiger partial charge in [-0.05, 0) is 58.2 Å². The summed E-state index contributed by atoms with van der Waals surface area (Å²) in [5, 5.41) is 0. The van der Waals surface area contributed by atoms with Gasteiger partial charge in [-0.25, -0.2) is 9.59 Å². The van der Waals surface area contributed by atoms with E-state index in [1.165, 1.54) is 18.2 Å². The lowest BCUT2D eigenvalue weighted by atomic mass is 10.2. The van der Waals surface area contributed by atoms with Crippen LogP contribution in [-0.2, 0) is 4.74 Å². The number of furan rings is 1. The summed E-state index contributed by atoms with van der Waals surface area (Å²) in [7, 11) is 0. The summed E-state index contributed by atoms with van der Waals surface area (Å²) < 4.78 is 15.8. The molecule has 0 aliphatic carbocycles. The van der Waals surface area contributed by atoms with Crippen molar-refractivity contribution in [1.82, 2.24) is 0 Å². The molecule has 0 unspecified atom stereocenters. The summed E-state index contributed by atoms with van der Waals surface area (Å²) in [5.41, 5.74) is 0.404. The first-order valence-corrected chi connectivity index (χ1v) is 7.49. The van der Waals surface area contributed by atoms with E-state index >= 15 is 0 Å². The number of esters is 2. The molecule has 0 saturated heterocycles. The number of carbonyl (C=O) groups excluding carboxylic acids is 2. The van der Waals surface area contributed by atoms with Crippen molar-refractivity contribution in [2.75, 3.05) is 6.61 Å². The molecule has 0 aliphatic rings. The molecule has 116 valence electrons. The van der Waals surface area contributed by atoms with Crippen molar-refractivity contribution in [2.45, 2.75) is 13.8 Å². The third-order valence-electron chi connectivity index (χ3n) is 2.62. The van der Waals surface area contributed by atoms with E-state index in [0.717, 1.165) is 0 Å². The highest BCUT2D eigenvalue weighted by Crippen LogP contribution is 2.18. The Kier molecular flexibility index (Phi) is 5.38. The van der Waals surface area contributed by atoms with E-state index in [9.17, 15) is 9.59 Å². The molecule has 0 aliphatic heterocycles. The van der Waals surface area contributed by atoms with E-state index in [4.69, 9.17) is 13.9 Å². The van der Waals surface area contributed by atoms with Gasteiger partial charge in [0.1, 0.15) is 5.75 Å². The highest BCUT2D eigenvalue weighted by atomic mass is 79.9. The summed E-state index contributed by atoms with van der Waals surface area (Å²) in [5.74, 6) is -0.329. The number of hydrogen-bond acceptors (Lipinski definition) is 5. The molecule has 0 radical (unpaired) electrons. The second-order valence-electron chi connectivity index (χ2n) is 5.01. The number of rotatable bonds is 5. The van der Waals surface area contributed by atoms with E-state index in [-0.39, 0.29) is 11.7 Å². The zero-order chi connectivity index (χ0) is 16.1. The molecule has 0 bridgehead atoms. The molecule has 2 rings (SSSR count). The van der Waals surface area contributed by atoms with Crippen LogP contribution in [0.5, 0.6) is 5.75 Å². The van der Waals surface area contributed by atoms with E-state index in [1.54, 1.807) is 18.2 Å². The van der Waals surface area contributed by atoms with Crippen LogP contribution in [0.1, 0.15) is 34.8 Å². The van der Waals surface area contributed by atoms with Crippen molar-refractivity contribution in [1.29, 1.82) is 0 Å². The minimum Gasteiger partial charge on any atom is -0.462 e. The monoisotopic (exact) mass is 366 g/mol. The largest absolute Gasteiger partial charge is 0.462 e. The summed E-state index contributed by atoms with van der Waals surface area (Å²) in [4.78, 5) is 23.6. The SMILES string of the molecule is CC(C)COC(=O)c1ccc(OC(=O)c2ccc(Br)o2)cc1. The fourth-order valence-corrected chi connectivity index (χ4v) is 1.87. The normalized spacial score (nSPS) is 10.5. The molecule has 0 N–H and O–H groups in total. The lowest BCUT2D eigenvalue weighted by Gasteiger charge is -2.07. The molecule has 1 aromatic carbocycles. The summed E-state index contributed by atoms with van der Waals surface area (Å²) >= 11 is 3.11. The lowest BCUT2D eigenvalue weighted by molar-refractivity contribution is 0.0459. The Bertz CT molecular complexity index is 657. The van der Waals surface area contributed by atoms with Crippen LogP contribution in [0.3, 0.4) is 0 Å². The summed E-state index contributed by atoms with van der Waals surface area (Å²) in [6.07, 6.45) is 0. The molecular weight excluding hydrogens is 352 g/mol. The van der Waals surface area contributed by atoms with Crippen molar-refractivity contribution in [2.24, 2.45) is 5.92 Å². The molecular formula is C16H15BrO5. The van der Waals surface area contributed by atoms with Crippen LogP contribution in [-0.4, -0.2) is 18.5 Å². The molecule has 0 atom stereocenters. The fraction of sp³-hybridized carbons (Fsp3) is 0.250. The first-order chi connectivity index (χ1) is 10.5. The van der Waals surface area contributed by atoms with E-state index in [1.807, 2.05) is 13.8 Å². The van der Waals surface area contributed by atoms with Gasteiger partial charge in [0.15, 0.2) is 4.67 Å². The van der Waals surface area contributed by atoms with Crippen molar-refractivity contribution in [3.63, 3.8) is 0 Å². The van der Waals surface area contributed by atoms with Crippen molar-refractivity contribution < 1.29 is 23.5 Å². The maximum Gasteiger partial charge on any atom is 0.379 e. The number of carbonyl (C=O) groups is 2. The van der Waals surface area contributed by atoms with Crippen LogP contribution in [0.2, 0.25) is 0 Å². The molecule has 0 spiro atoms. The van der Waals surface area contributed by atoms with Gasteiger partial charge in [0.2, 0.25) is 5.76 Å². The Morgan fingerprint density at radius 3 is 2.32 bits per heavy atom. The van der Waals surface area contributed by atoms with Gasteiger partial charge in [-0.15, -0.1) is 0 Å². The molecule has 0 saturated carbocycles. The van der Waals surface area contributed by atoms with Gasteiger partial charge in [0.05, 0.1) is 12.2 Å². The van der Waals surface area contributed by atoms with Crippen LogP contribution in [0.4, 0.5) is 0 Å². The standard InChI is InChI=1S/C16H15BrO5/c1-10(2)9-20-15(18)11-3-5-12(6-4-11)21-16(19)13-7-8-14(17)22-13/h3-8,10H,9H2,1-2H3. The van der Waals surface area contributed by atoms with E-state index in [0.29, 0.717) is 22.6 Å². The number of halogens is 1. The van der Waals surface area contributed by atoms with E-state index in [2.05, 4.69) is 15.9 Å². The predicted octanol–water partition coefficient (Wildman–Crippen LogP) is 4.07. The minimum atomic E-state index is -0.610. The fourth-order valence-electron chi connectivity index (χ4n) is 1.57. The van der Waals surface area contributed by atoms with Crippen LogP contribution < -0.4 is 4.74 Å². The van der Waals surface area contributed by atoms with Gasteiger partial charge >= 0.3 is 11.9 Å². The third-order valence-corrected chi connectivity index (χ3v) is 3.05. The number of hydrogen-bond donors (Lipinski definition) is 0. The summed E-state index contributed by atoms with van der Waals surface area (Å²) in [6, 6.07) is 9.25. The van der Waals surface area contributed by atoms with E-state index < -0.39 is 11.9 Å². The Balaban J connectivity index is 1.97. The van der Waals surface area contributed by atoms with Gasteiger partial charge in [-0.3, -0.25) is 0 Å². The molecule has 0 amide bonds. The first-order valence-electron chi connectivity index (χ1n) is 6.70. The smallest absolute Gasteiger partial charge is 0.379 e. The number of ether oxygens (including phenoxy) is 2. The quantitative estimate of drug-likeness (QED) is 0.589. The first kappa shape index (κ1) is 16.3. The minimum absolute atomic E-state index is 0.0901. The average molecular weight is 367 g/mol. The molecule has 1 aromatic heterocycles. The molecule has 22 heavy (non-hydrogen) atoms. The highest BCUT2D eigenvalue weighted by molar-refractivity contribution is 9.10. The Labute approximate surface area is 136 Å². The molecule has 6 heteroatoms. The second kappa shape index (κ2) is 7.26. The summed E-state index contributed by atoms with van der Waals surface area (Å²) in [6.45, 7) is 4.29. The van der Waals surface area contributed by atoms with Gasteiger partial charge in [0, 0.05) is 0 Å². The zero-order valence-electron chi connectivity index (χ0n) is 12.2.